The second-order valence-electron chi connectivity index (χ2n) is 5.23. The second kappa shape index (κ2) is 7.32. The zero-order chi connectivity index (χ0) is 19.5. The molecule has 10 heteroatoms. The monoisotopic (exact) mass is 390 g/mol. The number of benzene rings is 2. The number of alkyl halides is 3. The van der Waals surface area contributed by atoms with Gasteiger partial charge in [0, 0.05) is 11.3 Å². The molecule has 0 aromatic heterocycles. The lowest BCUT2D eigenvalue weighted by Crippen LogP contribution is -2.16. The van der Waals surface area contributed by atoms with E-state index in [-0.39, 0.29) is 22.7 Å². The van der Waals surface area contributed by atoms with Gasteiger partial charge in [-0.2, -0.15) is 13.2 Å². The van der Waals surface area contributed by atoms with Gasteiger partial charge in [-0.15, -0.1) is 0 Å². The van der Waals surface area contributed by atoms with E-state index < -0.39 is 33.5 Å². The van der Waals surface area contributed by atoms with Crippen LogP contribution in [0.3, 0.4) is 0 Å². The molecule has 0 spiro atoms. The van der Waals surface area contributed by atoms with Gasteiger partial charge in [-0.1, -0.05) is 6.07 Å². The van der Waals surface area contributed by atoms with Crippen LogP contribution in [0.25, 0.3) is 0 Å². The van der Waals surface area contributed by atoms with Crippen molar-refractivity contribution in [2.24, 2.45) is 0 Å². The van der Waals surface area contributed by atoms with E-state index >= 15 is 0 Å². The average molecular weight is 390 g/mol. The van der Waals surface area contributed by atoms with Gasteiger partial charge in [0.05, 0.1) is 17.0 Å². The van der Waals surface area contributed by atoms with Crippen LogP contribution >= 0.6 is 0 Å². The highest BCUT2D eigenvalue weighted by atomic mass is 32.2. The van der Waals surface area contributed by atoms with Crippen molar-refractivity contribution in [3.05, 3.63) is 59.4 Å². The van der Waals surface area contributed by atoms with E-state index in [1.165, 1.54) is 19.1 Å². The van der Waals surface area contributed by atoms with Crippen molar-refractivity contribution in [1.82, 2.24) is 0 Å². The lowest BCUT2D eigenvalue weighted by atomic mass is 10.1. The van der Waals surface area contributed by atoms with Crippen LogP contribution in [0.1, 0.15) is 22.8 Å². The summed E-state index contributed by atoms with van der Waals surface area (Å²) in [6.45, 7) is 1.38. The molecule has 2 aromatic carbocycles. The number of carbonyl (C=O) groups excluding carboxylic acids is 1. The molecule has 0 bridgehead atoms. The number of carbonyl (C=O) groups is 1. The minimum atomic E-state index is -4.60. The highest BCUT2D eigenvalue weighted by Gasteiger charge is 2.30. The summed E-state index contributed by atoms with van der Waals surface area (Å²) in [5.41, 5.74) is -1.58. The Hall–Kier alpha value is -2.62. The molecule has 2 rings (SSSR count). The molecular formula is C16H14F4N2O3S. The van der Waals surface area contributed by atoms with Gasteiger partial charge >= 0.3 is 6.18 Å². The van der Waals surface area contributed by atoms with E-state index in [1.807, 2.05) is 4.72 Å². The summed E-state index contributed by atoms with van der Waals surface area (Å²) >= 11 is 0. The average Bonchev–Trinajstić information content (AvgIpc) is 2.56. The number of rotatable bonds is 5. The molecule has 5 nitrogen and oxygen atoms in total. The Balaban J connectivity index is 2.19. The van der Waals surface area contributed by atoms with Gasteiger partial charge in [0.1, 0.15) is 5.82 Å². The molecule has 0 fully saturated rings. The molecule has 0 saturated heterocycles. The van der Waals surface area contributed by atoms with E-state index in [4.69, 9.17) is 0 Å². The number of halogens is 4. The first kappa shape index (κ1) is 19.7. The summed E-state index contributed by atoms with van der Waals surface area (Å²) in [5.74, 6) is -2.05. The largest absolute Gasteiger partial charge is 0.416 e. The number of anilines is 2. The van der Waals surface area contributed by atoms with Crippen molar-refractivity contribution >= 4 is 27.3 Å². The van der Waals surface area contributed by atoms with Gasteiger partial charge in [0.2, 0.25) is 10.0 Å². The van der Waals surface area contributed by atoms with Crippen LogP contribution in [0, 0.1) is 5.82 Å². The van der Waals surface area contributed by atoms with Crippen LogP contribution < -0.4 is 10.0 Å². The van der Waals surface area contributed by atoms with Crippen LogP contribution in [0.5, 0.6) is 0 Å². The van der Waals surface area contributed by atoms with Crippen molar-refractivity contribution in [2.75, 3.05) is 15.8 Å². The fourth-order valence-corrected chi connectivity index (χ4v) is 2.60. The predicted molar refractivity (Wildman–Crippen MR) is 88.9 cm³/mol. The smallest absolute Gasteiger partial charge is 0.322 e. The van der Waals surface area contributed by atoms with Crippen molar-refractivity contribution in [3.63, 3.8) is 0 Å². The molecule has 0 aliphatic heterocycles. The number of nitrogens with one attached hydrogen (secondary N) is 2. The third-order valence-corrected chi connectivity index (χ3v) is 4.62. The quantitative estimate of drug-likeness (QED) is 0.762. The fourth-order valence-electron chi connectivity index (χ4n) is 1.96. The molecule has 0 atom stereocenters. The van der Waals surface area contributed by atoms with Gasteiger partial charge in [-0.25, -0.2) is 12.8 Å². The van der Waals surface area contributed by atoms with E-state index in [2.05, 4.69) is 5.32 Å². The molecule has 1 amide bonds. The molecular weight excluding hydrogens is 376 g/mol. The summed E-state index contributed by atoms with van der Waals surface area (Å²) in [6.07, 6.45) is -4.60. The molecule has 0 heterocycles. The van der Waals surface area contributed by atoms with E-state index in [0.29, 0.717) is 6.07 Å². The molecule has 0 aliphatic rings. The Bertz CT molecular complexity index is 927. The molecule has 0 saturated carbocycles. The summed E-state index contributed by atoms with van der Waals surface area (Å²) in [7, 11) is -3.68. The third-order valence-electron chi connectivity index (χ3n) is 3.32. The van der Waals surface area contributed by atoms with Crippen molar-refractivity contribution in [3.8, 4) is 0 Å². The SMILES string of the molecule is CCS(=O)(=O)Nc1ccc(NC(=O)c2cccc(C(F)(F)F)c2)cc1F. The molecule has 2 aromatic rings. The maximum atomic E-state index is 14.0. The van der Waals surface area contributed by atoms with Crippen LogP contribution in [0.4, 0.5) is 28.9 Å². The van der Waals surface area contributed by atoms with Crippen molar-refractivity contribution in [2.45, 2.75) is 13.1 Å². The van der Waals surface area contributed by atoms with Crippen LogP contribution in [0.2, 0.25) is 0 Å². The topological polar surface area (TPSA) is 75.3 Å². The number of sulfonamides is 1. The number of amides is 1. The highest BCUT2D eigenvalue weighted by molar-refractivity contribution is 7.92. The lowest BCUT2D eigenvalue weighted by Gasteiger charge is -2.11. The first-order valence-corrected chi connectivity index (χ1v) is 8.95. The third kappa shape index (κ3) is 4.94. The number of hydrogen-bond acceptors (Lipinski definition) is 3. The molecule has 26 heavy (non-hydrogen) atoms. The standard InChI is InChI=1S/C16H14F4N2O3S/c1-2-26(24,25)22-14-7-6-12(9-13(14)17)21-15(23)10-4-3-5-11(8-10)16(18,19)20/h3-9,22H,2H2,1H3,(H,21,23). The predicted octanol–water partition coefficient (Wildman–Crippen LogP) is 3.86. The Morgan fingerprint density at radius 2 is 1.81 bits per heavy atom. The second-order valence-corrected chi connectivity index (χ2v) is 7.24. The normalized spacial score (nSPS) is 11.9. The minimum absolute atomic E-state index is 0.0376. The Morgan fingerprint density at radius 3 is 2.38 bits per heavy atom. The first-order chi connectivity index (χ1) is 12.0. The van der Waals surface area contributed by atoms with Gasteiger partial charge in [-0.3, -0.25) is 9.52 Å². The van der Waals surface area contributed by atoms with Crippen LogP contribution in [-0.4, -0.2) is 20.1 Å². The molecule has 0 unspecified atom stereocenters. The summed E-state index contributed by atoms with van der Waals surface area (Å²) in [6, 6.07) is 6.96. The van der Waals surface area contributed by atoms with Crippen LogP contribution in [0.15, 0.2) is 42.5 Å². The number of hydrogen-bond donors (Lipinski definition) is 2. The van der Waals surface area contributed by atoms with Gasteiger partial charge in [-0.05, 0) is 43.3 Å². The van der Waals surface area contributed by atoms with E-state index in [9.17, 15) is 30.8 Å². The van der Waals surface area contributed by atoms with Crippen molar-refractivity contribution in [1.29, 1.82) is 0 Å². The van der Waals surface area contributed by atoms with Crippen molar-refractivity contribution < 1.29 is 30.8 Å². The van der Waals surface area contributed by atoms with E-state index in [0.717, 1.165) is 24.3 Å². The summed E-state index contributed by atoms with van der Waals surface area (Å²) in [4.78, 5) is 12.1. The molecule has 140 valence electrons. The Kier molecular flexibility index (Phi) is 5.55. The van der Waals surface area contributed by atoms with Gasteiger partial charge in [0.15, 0.2) is 0 Å². The first-order valence-electron chi connectivity index (χ1n) is 7.30. The molecule has 2 N–H and O–H groups in total. The molecule has 0 aliphatic carbocycles. The zero-order valence-corrected chi connectivity index (χ0v) is 14.2. The maximum Gasteiger partial charge on any atom is 0.416 e. The van der Waals surface area contributed by atoms with Gasteiger partial charge < -0.3 is 5.32 Å². The fraction of sp³-hybridized carbons (Fsp3) is 0.188. The lowest BCUT2D eigenvalue weighted by molar-refractivity contribution is -0.137. The minimum Gasteiger partial charge on any atom is -0.322 e. The Labute approximate surface area is 147 Å². The zero-order valence-electron chi connectivity index (χ0n) is 13.4. The van der Waals surface area contributed by atoms with E-state index in [1.54, 1.807) is 0 Å². The highest BCUT2D eigenvalue weighted by Crippen LogP contribution is 2.29. The maximum absolute atomic E-state index is 14.0. The Morgan fingerprint density at radius 1 is 1.12 bits per heavy atom. The summed E-state index contributed by atoms with van der Waals surface area (Å²) in [5, 5.41) is 2.26. The molecule has 0 radical (unpaired) electrons. The van der Waals surface area contributed by atoms with Gasteiger partial charge in [0.25, 0.3) is 5.91 Å². The van der Waals surface area contributed by atoms with Crippen LogP contribution in [-0.2, 0) is 16.2 Å². The summed E-state index contributed by atoms with van der Waals surface area (Å²) < 4.78 is 76.9.